The number of rotatable bonds is 4. The van der Waals surface area contributed by atoms with E-state index >= 15 is 0 Å². The van der Waals surface area contributed by atoms with E-state index in [0.29, 0.717) is 10.6 Å². The summed E-state index contributed by atoms with van der Waals surface area (Å²) in [6.07, 6.45) is 6.72. The summed E-state index contributed by atoms with van der Waals surface area (Å²) in [7, 11) is 0. The van der Waals surface area contributed by atoms with Crippen molar-refractivity contribution in [2.45, 2.75) is 0 Å². The van der Waals surface area contributed by atoms with E-state index in [2.05, 4.69) is 0 Å². The van der Waals surface area contributed by atoms with Crippen LogP contribution in [0.3, 0.4) is 0 Å². The van der Waals surface area contributed by atoms with E-state index in [1.165, 1.54) is 11.6 Å². The predicted octanol–water partition coefficient (Wildman–Crippen LogP) is 4.03. The molecule has 0 bridgehead atoms. The molecule has 3 nitrogen and oxygen atoms in total. The van der Waals surface area contributed by atoms with Crippen molar-refractivity contribution in [2.75, 3.05) is 0 Å². The fourth-order valence-corrected chi connectivity index (χ4v) is 1.99. The van der Waals surface area contributed by atoms with Crippen LogP contribution in [0.4, 0.5) is 0 Å². The van der Waals surface area contributed by atoms with Gasteiger partial charge in [0.2, 0.25) is 0 Å². The van der Waals surface area contributed by atoms with Gasteiger partial charge in [0.1, 0.15) is 0 Å². The molecule has 0 aromatic heterocycles. The smallest absolute Gasteiger partial charge is 0.267 e. The Morgan fingerprint density at radius 1 is 1.00 bits per heavy atom. The summed E-state index contributed by atoms with van der Waals surface area (Å²) < 4.78 is 0. The maximum absolute atomic E-state index is 10.9. The van der Waals surface area contributed by atoms with Gasteiger partial charge in [0.05, 0.1) is 0 Å². The van der Waals surface area contributed by atoms with Gasteiger partial charge in [-0.25, -0.2) is 5.48 Å². The number of nitrogens with one attached hydrogen (secondary N) is 1. The highest BCUT2D eigenvalue weighted by Crippen LogP contribution is 2.20. The average molecular weight is 300 g/mol. The van der Waals surface area contributed by atoms with Crippen LogP contribution >= 0.6 is 11.6 Å². The predicted molar refractivity (Wildman–Crippen MR) is 85.8 cm³/mol. The number of hydrogen-bond donors (Lipinski definition) is 2. The molecule has 2 aromatic carbocycles. The van der Waals surface area contributed by atoms with Gasteiger partial charge >= 0.3 is 0 Å². The first kappa shape index (κ1) is 15.0. The van der Waals surface area contributed by atoms with E-state index in [-0.39, 0.29) is 0 Å². The van der Waals surface area contributed by atoms with E-state index in [1.54, 1.807) is 6.08 Å². The fourth-order valence-electron chi connectivity index (χ4n) is 1.74. The lowest BCUT2D eigenvalue weighted by Crippen LogP contribution is -2.14. The molecule has 1 amide bonds. The lowest BCUT2D eigenvalue weighted by molar-refractivity contribution is -0.124. The molecule has 0 fully saturated rings. The first-order valence-corrected chi connectivity index (χ1v) is 6.71. The SMILES string of the molecule is O=C(/C=C/c1ccc(/C=C/c2ccccc2)cc1Cl)NO. The van der Waals surface area contributed by atoms with Crippen LogP contribution in [0.5, 0.6) is 0 Å². The minimum atomic E-state index is -0.598. The quantitative estimate of drug-likeness (QED) is 0.387. The third kappa shape index (κ3) is 4.60. The van der Waals surface area contributed by atoms with Gasteiger partial charge in [0, 0.05) is 11.1 Å². The van der Waals surface area contributed by atoms with Crippen molar-refractivity contribution in [2.24, 2.45) is 0 Å². The molecule has 0 unspecified atom stereocenters. The minimum Gasteiger partial charge on any atom is -0.288 e. The monoisotopic (exact) mass is 299 g/mol. The summed E-state index contributed by atoms with van der Waals surface area (Å²) in [5, 5.41) is 8.95. The first-order chi connectivity index (χ1) is 10.2. The maximum atomic E-state index is 10.9. The summed E-state index contributed by atoms with van der Waals surface area (Å²) in [6, 6.07) is 15.5. The van der Waals surface area contributed by atoms with Gasteiger partial charge in [0.15, 0.2) is 0 Å². The largest absolute Gasteiger partial charge is 0.288 e. The second-order valence-electron chi connectivity index (χ2n) is 4.33. The van der Waals surface area contributed by atoms with Crippen molar-refractivity contribution in [3.8, 4) is 0 Å². The van der Waals surface area contributed by atoms with Crippen LogP contribution in [-0.4, -0.2) is 11.1 Å². The molecule has 4 heteroatoms. The molecule has 0 spiro atoms. The Labute approximate surface area is 128 Å². The Kier molecular flexibility index (Phi) is 5.32. The van der Waals surface area contributed by atoms with Gasteiger partial charge in [-0.2, -0.15) is 0 Å². The van der Waals surface area contributed by atoms with Crippen LogP contribution in [-0.2, 0) is 4.79 Å². The second kappa shape index (κ2) is 7.43. The van der Waals surface area contributed by atoms with Gasteiger partial charge < -0.3 is 0 Å². The Bertz CT molecular complexity index is 678. The number of benzene rings is 2. The average Bonchev–Trinajstić information content (AvgIpc) is 2.52. The highest BCUT2D eigenvalue weighted by atomic mass is 35.5. The second-order valence-corrected chi connectivity index (χ2v) is 4.74. The van der Waals surface area contributed by atoms with Crippen LogP contribution in [0.2, 0.25) is 5.02 Å². The number of hydroxylamine groups is 1. The summed E-state index contributed by atoms with van der Waals surface area (Å²) in [5.74, 6) is -0.598. The molecule has 106 valence electrons. The molecule has 0 aliphatic carbocycles. The number of carbonyl (C=O) groups is 1. The minimum absolute atomic E-state index is 0.534. The standard InChI is InChI=1S/C17H14ClNO2/c18-16-12-14(7-6-13-4-2-1-3-5-13)8-9-15(16)10-11-17(20)19-21/h1-12,21H,(H,19,20)/b7-6+,11-10+. The molecule has 2 aromatic rings. The van der Waals surface area contributed by atoms with Crippen LogP contribution < -0.4 is 5.48 Å². The van der Waals surface area contributed by atoms with Crippen molar-refractivity contribution >= 4 is 35.7 Å². The first-order valence-electron chi connectivity index (χ1n) is 6.34. The van der Waals surface area contributed by atoms with Crippen molar-refractivity contribution in [3.63, 3.8) is 0 Å². The summed E-state index contributed by atoms with van der Waals surface area (Å²) in [4.78, 5) is 10.9. The van der Waals surface area contributed by atoms with E-state index in [9.17, 15) is 4.79 Å². The molecule has 2 rings (SSSR count). The molecule has 2 N–H and O–H groups in total. The highest BCUT2D eigenvalue weighted by molar-refractivity contribution is 6.32. The number of carbonyl (C=O) groups excluding carboxylic acids is 1. The lowest BCUT2D eigenvalue weighted by atomic mass is 10.1. The van der Waals surface area contributed by atoms with E-state index < -0.39 is 5.91 Å². The van der Waals surface area contributed by atoms with Crippen molar-refractivity contribution in [3.05, 3.63) is 76.3 Å². The van der Waals surface area contributed by atoms with Gasteiger partial charge in [-0.3, -0.25) is 10.0 Å². The summed E-state index contributed by atoms with van der Waals surface area (Å²) in [6.45, 7) is 0. The van der Waals surface area contributed by atoms with Crippen LogP contribution in [0.15, 0.2) is 54.6 Å². The summed E-state index contributed by atoms with van der Waals surface area (Å²) >= 11 is 6.16. The Morgan fingerprint density at radius 3 is 2.38 bits per heavy atom. The topological polar surface area (TPSA) is 49.3 Å². The van der Waals surface area contributed by atoms with E-state index in [0.717, 1.165) is 11.1 Å². The van der Waals surface area contributed by atoms with Crippen LogP contribution in [0, 0.1) is 0 Å². The van der Waals surface area contributed by atoms with Crippen LogP contribution in [0.1, 0.15) is 16.7 Å². The van der Waals surface area contributed by atoms with Gasteiger partial charge in [-0.15, -0.1) is 0 Å². The van der Waals surface area contributed by atoms with E-state index in [1.807, 2.05) is 60.7 Å². The zero-order chi connectivity index (χ0) is 15.1. The van der Waals surface area contributed by atoms with Crippen LogP contribution in [0.25, 0.3) is 18.2 Å². The summed E-state index contributed by atoms with van der Waals surface area (Å²) in [5.41, 5.74) is 4.30. The molecule has 0 radical (unpaired) electrons. The molecular formula is C17H14ClNO2. The highest BCUT2D eigenvalue weighted by Gasteiger charge is 1.99. The van der Waals surface area contributed by atoms with Crippen molar-refractivity contribution in [1.29, 1.82) is 0 Å². The zero-order valence-electron chi connectivity index (χ0n) is 11.2. The molecular weight excluding hydrogens is 286 g/mol. The normalized spacial score (nSPS) is 11.1. The Hall–Kier alpha value is -2.36. The van der Waals surface area contributed by atoms with Gasteiger partial charge in [0.25, 0.3) is 5.91 Å². The third-order valence-corrected chi connectivity index (χ3v) is 3.14. The number of hydrogen-bond acceptors (Lipinski definition) is 2. The molecule has 0 atom stereocenters. The molecule has 0 heterocycles. The van der Waals surface area contributed by atoms with Gasteiger partial charge in [-0.1, -0.05) is 66.2 Å². The Balaban J connectivity index is 2.14. The van der Waals surface area contributed by atoms with Gasteiger partial charge in [-0.05, 0) is 28.8 Å². The molecule has 0 saturated heterocycles. The molecule has 0 saturated carbocycles. The fraction of sp³-hybridized carbons (Fsp3) is 0. The molecule has 21 heavy (non-hydrogen) atoms. The maximum Gasteiger partial charge on any atom is 0.267 e. The number of amides is 1. The zero-order valence-corrected chi connectivity index (χ0v) is 11.9. The van der Waals surface area contributed by atoms with Crippen molar-refractivity contribution in [1.82, 2.24) is 5.48 Å². The Morgan fingerprint density at radius 2 is 1.71 bits per heavy atom. The molecule has 0 aliphatic heterocycles. The van der Waals surface area contributed by atoms with E-state index in [4.69, 9.17) is 16.8 Å². The molecule has 0 aliphatic rings. The van der Waals surface area contributed by atoms with Crippen molar-refractivity contribution < 1.29 is 10.0 Å². The number of halogens is 1. The lowest BCUT2D eigenvalue weighted by Gasteiger charge is -2.00. The third-order valence-electron chi connectivity index (χ3n) is 2.82.